The van der Waals surface area contributed by atoms with Crippen molar-refractivity contribution in [1.29, 1.82) is 0 Å². The van der Waals surface area contributed by atoms with Crippen LogP contribution in [0.25, 0.3) is 0 Å². The normalized spacial score (nSPS) is 29.1. The first-order valence-electron chi connectivity index (χ1n) is 5.83. The van der Waals surface area contributed by atoms with E-state index in [-0.39, 0.29) is 21.8 Å². The minimum absolute atomic E-state index is 0.0233. The fraction of sp³-hybridized carbons (Fsp3) is 0.818. The number of carbonyl (C=O) groups is 2. The predicted octanol–water partition coefficient (Wildman–Crippen LogP) is 0.680. The minimum atomic E-state index is -0.812. The maximum Gasteiger partial charge on any atom is 0.513 e. The molecule has 0 radical (unpaired) electrons. The lowest BCUT2D eigenvalue weighted by Gasteiger charge is -2.40. The third kappa shape index (κ3) is 2.58. The van der Waals surface area contributed by atoms with Crippen LogP contribution in [0.4, 0.5) is 4.79 Å². The minimum Gasteiger partial charge on any atom is -0.435 e. The first kappa shape index (κ1) is 13.9. The van der Waals surface area contributed by atoms with Crippen LogP contribution in [0.5, 0.6) is 0 Å². The molecule has 0 aliphatic carbocycles. The van der Waals surface area contributed by atoms with E-state index in [2.05, 4.69) is 5.43 Å². The van der Waals surface area contributed by atoms with E-state index in [0.29, 0.717) is 19.5 Å². The molecule has 0 saturated carbocycles. The Morgan fingerprint density at radius 2 is 2.06 bits per heavy atom. The van der Waals surface area contributed by atoms with Crippen LogP contribution in [-0.2, 0) is 4.79 Å². The van der Waals surface area contributed by atoms with Gasteiger partial charge in [-0.2, -0.15) is 4.79 Å². The van der Waals surface area contributed by atoms with Gasteiger partial charge in [-0.3, -0.25) is 10.2 Å². The van der Waals surface area contributed by atoms with Gasteiger partial charge in [0.1, 0.15) is 5.54 Å². The van der Waals surface area contributed by atoms with Gasteiger partial charge in [-0.05, 0) is 20.8 Å². The number of hydrogen-bond donors (Lipinski definition) is 3. The zero-order valence-electron chi connectivity index (χ0n) is 10.7. The van der Waals surface area contributed by atoms with Crippen LogP contribution >= 0.6 is 0 Å². The molecular weight excluding hydrogens is 222 g/mol. The summed E-state index contributed by atoms with van der Waals surface area (Å²) in [5.41, 5.74) is 1.73. The van der Waals surface area contributed by atoms with Gasteiger partial charge in [0.2, 0.25) is 5.91 Å². The fourth-order valence-electron chi connectivity index (χ4n) is 2.58. The van der Waals surface area contributed by atoms with E-state index < -0.39 is 6.09 Å². The molecule has 1 saturated heterocycles. The number of nitrogens with one attached hydrogen (secondary N) is 1. The maximum absolute atomic E-state index is 11.5. The number of likely N-dealkylation sites (tertiary alicyclic amines) is 1. The van der Waals surface area contributed by atoms with Crippen LogP contribution in [0.2, 0.25) is 0 Å². The van der Waals surface area contributed by atoms with Gasteiger partial charge >= 0.3 is 6.09 Å². The largest absolute Gasteiger partial charge is 0.513 e. The smallest absolute Gasteiger partial charge is 0.435 e. The summed E-state index contributed by atoms with van der Waals surface area (Å²) in [4.78, 5) is 22.7. The van der Waals surface area contributed by atoms with Crippen LogP contribution in [0.15, 0.2) is 0 Å². The van der Waals surface area contributed by atoms with Crippen LogP contribution in [-0.4, -0.2) is 40.2 Å². The standard InChI is InChI=1S/C11H21N3O3/c1-11(2,3)14(10(16)17)5-4-8(7-14)6-9(15)13-12/h8H,4-7,12H2,1-3H3,(H-,13,15,16,17)/p+1/t8-,14?/m0/s1. The van der Waals surface area contributed by atoms with Gasteiger partial charge in [-0.1, -0.05) is 0 Å². The molecule has 6 nitrogen and oxygen atoms in total. The van der Waals surface area contributed by atoms with Crippen molar-refractivity contribution in [1.82, 2.24) is 5.43 Å². The monoisotopic (exact) mass is 244 g/mol. The van der Waals surface area contributed by atoms with Gasteiger partial charge < -0.3 is 5.11 Å². The van der Waals surface area contributed by atoms with Crippen LogP contribution in [0, 0.1) is 5.92 Å². The Kier molecular flexibility index (Phi) is 3.78. The molecule has 1 unspecified atom stereocenters. The third-order valence-corrected chi connectivity index (χ3v) is 3.77. The zero-order chi connectivity index (χ0) is 13.3. The average Bonchev–Trinajstić information content (AvgIpc) is 2.62. The van der Waals surface area contributed by atoms with Crippen molar-refractivity contribution in [2.75, 3.05) is 13.1 Å². The topological polar surface area (TPSA) is 92.4 Å². The zero-order valence-corrected chi connectivity index (χ0v) is 10.7. The number of amides is 2. The number of rotatable bonds is 2. The molecule has 0 aromatic carbocycles. The van der Waals surface area contributed by atoms with Gasteiger partial charge in [0, 0.05) is 18.8 Å². The second-order valence-corrected chi connectivity index (χ2v) is 5.75. The number of nitrogens with zero attached hydrogens (tertiary/aromatic N) is 1. The quantitative estimate of drug-likeness (QED) is 0.288. The number of carbonyl (C=O) groups excluding carboxylic acids is 1. The van der Waals surface area contributed by atoms with Gasteiger partial charge in [-0.15, -0.1) is 0 Å². The molecule has 0 aromatic heterocycles. The Hall–Kier alpha value is -1.14. The van der Waals surface area contributed by atoms with E-state index in [1.54, 1.807) is 0 Å². The highest BCUT2D eigenvalue weighted by atomic mass is 16.4. The molecule has 2 amide bonds. The number of quaternary nitrogens is 1. The van der Waals surface area contributed by atoms with E-state index in [9.17, 15) is 14.7 Å². The summed E-state index contributed by atoms with van der Waals surface area (Å²) in [5.74, 6) is 4.91. The van der Waals surface area contributed by atoms with Crippen molar-refractivity contribution >= 4 is 12.0 Å². The SMILES string of the molecule is CC(C)(C)[N+]1(C(=O)O)CC[C@@H](CC(=O)NN)C1. The highest BCUT2D eigenvalue weighted by molar-refractivity contribution is 5.75. The molecule has 0 aromatic rings. The Bertz CT molecular complexity index is 324. The van der Waals surface area contributed by atoms with E-state index in [0.717, 1.165) is 6.42 Å². The predicted molar refractivity (Wildman–Crippen MR) is 62.8 cm³/mol. The molecule has 4 N–H and O–H groups in total. The molecule has 1 aliphatic rings. The van der Waals surface area contributed by atoms with Crippen LogP contribution in [0.3, 0.4) is 0 Å². The summed E-state index contributed by atoms with van der Waals surface area (Å²) in [5, 5.41) is 9.46. The lowest BCUT2D eigenvalue weighted by atomic mass is 10.0. The van der Waals surface area contributed by atoms with Crippen molar-refractivity contribution in [3.05, 3.63) is 0 Å². The van der Waals surface area contributed by atoms with E-state index >= 15 is 0 Å². The number of hydrazine groups is 1. The molecule has 1 aliphatic heterocycles. The molecule has 0 bridgehead atoms. The first-order valence-corrected chi connectivity index (χ1v) is 5.83. The van der Waals surface area contributed by atoms with E-state index in [1.807, 2.05) is 20.8 Å². The number of nitrogens with two attached hydrogens (primary N) is 1. The van der Waals surface area contributed by atoms with Gasteiger partial charge in [0.25, 0.3) is 0 Å². The second-order valence-electron chi connectivity index (χ2n) is 5.75. The number of carboxylic acid groups (broad SMARTS) is 1. The molecule has 0 spiro atoms. The van der Waals surface area contributed by atoms with Gasteiger partial charge in [-0.25, -0.2) is 10.3 Å². The van der Waals surface area contributed by atoms with Crippen LogP contribution in [0.1, 0.15) is 33.6 Å². The Morgan fingerprint density at radius 1 is 1.47 bits per heavy atom. The third-order valence-electron chi connectivity index (χ3n) is 3.77. The Balaban J connectivity index is 2.80. The van der Waals surface area contributed by atoms with Gasteiger partial charge in [0.15, 0.2) is 0 Å². The van der Waals surface area contributed by atoms with Crippen molar-refractivity contribution in [2.24, 2.45) is 11.8 Å². The lowest BCUT2D eigenvalue weighted by molar-refractivity contribution is -0.893. The molecule has 1 rings (SSSR count). The van der Waals surface area contributed by atoms with E-state index in [1.165, 1.54) is 0 Å². The Morgan fingerprint density at radius 3 is 2.41 bits per heavy atom. The summed E-state index contributed by atoms with van der Waals surface area (Å²) in [6.07, 6.45) is 0.241. The highest BCUT2D eigenvalue weighted by Crippen LogP contribution is 2.35. The van der Waals surface area contributed by atoms with Crippen molar-refractivity contribution in [3.63, 3.8) is 0 Å². The van der Waals surface area contributed by atoms with E-state index in [4.69, 9.17) is 5.84 Å². The highest BCUT2D eigenvalue weighted by Gasteiger charge is 2.53. The van der Waals surface area contributed by atoms with Crippen molar-refractivity contribution in [3.8, 4) is 0 Å². The molecular formula is C11H22N3O3+. The average molecular weight is 244 g/mol. The number of hydrogen-bond acceptors (Lipinski definition) is 3. The summed E-state index contributed by atoms with van der Waals surface area (Å²) in [7, 11) is 0. The summed E-state index contributed by atoms with van der Waals surface area (Å²) >= 11 is 0. The molecule has 1 fully saturated rings. The molecule has 6 heteroatoms. The first-order chi connectivity index (χ1) is 7.73. The van der Waals surface area contributed by atoms with Crippen molar-refractivity contribution < 1.29 is 19.2 Å². The summed E-state index contributed by atoms with van der Waals surface area (Å²) in [6.45, 7) is 6.83. The molecule has 2 atom stereocenters. The fourth-order valence-corrected chi connectivity index (χ4v) is 2.58. The lowest BCUT2D eigenvalue weighted by Crippen LogP contribution is -2.61. The Labute approximate surface area is 101 Å². The van der Waals surface area contributed by atoms with Gasteiger partial charge in [0.05, 0.1) is 13.1 Å². The summed E-state index contributed by atoms with van der Waals surface area (Å²) in [6, 6.07) is 0. The second kappa shape index (κ2) is 4.62. The van der Waals surface area contributed by atoms with Crippen LogP contribution < -0.4 is 11.3 Å². The van der Waals surface area contributed by atoms with Crippen molar-refractivity contribution in [2.45, 2.75) is 39.2 Å². The molecule has 17 heavy (non-hydrogen) atoms. The maximum atomic E-state index is 11.5. The molecule has 98 valence electrons. The summed E-state index contributed by atoms with van der Waals surface area (Å²) < 4.78 is 0.0233. The molecule has 1 heterocycles.